The van der Waals surface area contributed by atoms with E-state index in [0.29, 0.717) is 12.4 Å². The number of fused-ring (bicyclic) bond motifs is 1. The van der Waals surface area contributed by atoms with E-state index in [1.165, 1.54) is 11.8 Å². The number of aromatic nitrogens is 2. The molecule has 0 aliphatic carbocycles. The Bertz CT molecular complexity index is 598. The molecular weight excluding hydrogens is 286 g/mol. The molecule has 0 saturated carbocycles. The van der Waals surface area contributed by atoms with E-state index in [9.17, 15) is 4.79 Å². The molecule has 0 amide bonds. The third kappa shape index (κ3) is 4.22. The normalized spacial score (nSPS) is 11.0. The Morgan fingerprint density at radius 2 is 2.29 bits per heavy atom. The van der Waals surface area contributed by atoms with E-state index in [2.05, 4.69) is 21.6 Å². The van der Waals surface area contributed by atoms with Gasteiger partial charge in [0, 0.05) is 12.7 Å². The highest BCUT2D eigenvalue weighted by Crippen LogP contribution is 2.23. The number of hydrogen-bond donors (Lipinski definition) is 1. The van der Waals surface area contributed by atoms with Gasteiger partial charge in [-0.15, -0.1) is 0 Å². The first-order chi connectivity index (χ1) is 10.3. The number of ether oxygens (including phenoxy) is 1. The van der Waals surface area contributed by atoms with Crippen LogP contribution >= 0.6 is 11.8 Å². The van der Waals surface area contributed by atoms with E-state index >= 15 is 0 Å². The smallest absolute Gasteiger partial charge is 0.316 e. The predicted molar refractivity (Wildman–Crippen MR) is 84.5 cm³/mol. The van der Waals surface area contributed by atoms with Crippen LogP contribution in [-0.2, 0) is 16.1 Å². The summed E-state index contributed by atoms with van der Waals surface area (Å²) in [6.45, 7) is 6.06. The lowest BCUT2D eigenvalue weighted by atomic mass is 10.4. The molecule has 0 aliphatic rings. The van der Waals surface area contributed by atoms with E-state index in [0.717, 1.165) is 35.9 Å². The molecule has 0 radical (unpaired) electrons. The number of nitrogens with one attached hydrogen (secondary N) is 1. The Morgan fingerprint density at radius 1 is 1.43 bits per heavy atom. The number of thioether (sulfide) groups is 1. The van der Waals surface area contributed by atoms with Gasteiger partial charge >= 0.3 is 5.97 Å². The lowest BCUT2D eigenvalue weighted by molar-refractivity contribution is -0.139. The summed E-state index contributed by atoms with van der Waals surface area (Å²) >= 11 is 1.43. The fourth-order valence-electron chi connectivity index (χ4n) is 2.01. The first kappa shape index (κ1) is 15.9. The van der Waals surface area contributed by atoms with E-state index in [4.69, 9.17) is 4.74 Å². The molecule has 0 fully saturated rings. The lowest BCUT2D eigenvalue weighted by Crippen LogP contribution is -2.16. The quantitative estimate of drug-likeness (QED) is 0.461. The number of esters is 1. The number of hydrogen-bond acceptors (Lipinski definition) is 5. The van der Waals surface area contributed by atoms with Gasteiger partial charge in [0.15, 0.2) is 0 Å². The van der Waals surface area contributed by atoms with Crippen molar-refractivity contribution >= 4 is 23.4 Å². The maximum atomic E-state index is 11.5. The summed E-state index contributed by atoms with van der Waals surface area (Å²) in [6.07, 6.45) is 3.09. The predicted octanol–water partition coefficient (Wildman–Crippen LogP) is 2.49. The molecule has 2 aromatic rings. The number of pyridine rings is 1. The number of rotatable bonds is 8. The molecule has 21 heavy (non-hydrogen) atoms. The zero-order chi connectivity index (χ0) is 15.1. The third-order valence-corrected chi connectivity index (χ3v) is 3.92. The highest BCUT2D eigenvalue weighted by Gasteiger charge is 2.14. The lowest BCUT2D eigenvalue weighted by Gasteiger charge is -2.06. The molecule has 0 aliphatic heterocycles. The summed E-state index contributed by atoms with van der Waals surface area (Å²) < 4.78 is 7.03. The van der Waals surface area contributed by atoms with Crippen molar-refractivity contribution in [3.05, 3.63) is 30.1 Å². The molecule has 0 atom stereocenters. The first-order valence-electron chi connectivity index (χ1n) is 7.21. The number of carbonyl (C=O) groups excluding carboxylic acids is 1. The zero-order valence-electron chi connectivity index (χ0n) is 12.5. The molecule has 5 nitrogen and oxygen atoms in total. The van der Waals surface area contributed by atoms with Crippen LogP contribution in [0.1, 0.15) is 26.0 Å². The van der Waals surface area contributed by atoms with Gasteiger partial charge in [-0.25, -0.2) is 4.98 Å². The van der Waals surface area contributed by atoms with Gasteiger partial charge in [0.2, 0.25) is 0 Å². The van der Waals surface area contributed by atoms with Crippen molar-refractivity contribution in [2.75, 3.05) is 18.9 Å². The summed E-state index contributed by atoms with van der Waals surface area (Å²) in [6, 6.07) is 5.92. The molecule has 114 valence electrons. The van der Waals surface area contributed by atoms with Crippen LogP contribution in [0, 0.1) is 0 Å². The minimum atomic E-state index is -0.202. The summed E-state index contributed by atoms with van der Waals surface area (Å²) in [5.74, 6) is 0.0883. The molecule has 0 spiro atoms. The van der Waals surface area contributed by atoms with Crippen LogP contribution in [0.15, 0.2) is 29.4 Å². The van der Waals surface area contributed by atoms with Gasteiger partial charge in [-0.1, -0.05) is 24.8 Å². The van der Waals surface area contributed by atoms with Gasteiger partial charge in [0.05, 0.1) is 18.1 Å². The number of imidazole rings is 1. The van der Waals surface area contributed by atoms with Crippen molar-refractivity contribution in [3.63, 3.8) is 0 Å². The Balaban J connectivity index is 2.16. The van der Waals surface area contributed by atoms with E-state index in [1.807, 2.05) is 31.3 Å². The average molecular weight is 307 g/mol. The van der Waals surface area contributed by atoms with Crippen LogP contribution in [0.5, 0.6) is 0 Å². The van der Waals surface area contributed by atoms with Crippen LogP contribution in [-0.4, -0.2) is 34.3 Å². The monoisotopic (exact) mass is 307 g/mol. The molecule has 0 aromatic carbocycles. The van der Waals surface area contributed by atoms with Crippen LogP contribution in [0.3, 0.4) is 0 Å². The minimum absolute atomic E-state index is 0.202. The van der Waals surface area contributed by atoms with Gasteiger partial charge < -0.3 is 14.5 Å². The van der Waals surface area contributed by atoms with Crippen molar-refractivity contribution < 1.29 is 9.53 Å². The second-order valence-corrected chi connectivity index (χ2v) is 5.53. The van der Waals surface area contributed by atoms with Crippen molar-refractivity contribution in [2.45, 2.75) is 31.8 Å². The van der Waals surface area contributed by atoms with Crippen LogP contribution in [0.25, 0.3) is 5.65 Å². The molecule has 1 N–H and O–H groups in total. The Hall–Kier alpha value is -1.53. The zero-order valence-corrected chi connectivity index (χ0v) is 13.3. The highest BCUT2D eigenvalue weighted by atomic mass is 32.2. The third-order valence-electron chi connectivity index (χ3n) is 2.94. The van der Waals surface area contributed by atoms with E-state index in [1.54, 1.807) is 0 Å². The largest absolute Gasteiger partial charge is 0.465 e. The Morgan fingerprint density at radius 3 is 3.05 bits per heavy atom. The molecule has 2 aromatic heterocycles. The van der Waals surface area contributed by atoms with Gasteiger partial charge in [-0.3, -0.25) is 4.79 Å². The fourth-order valence-corrected chi connectivity index (χ4v) is 2.85. The highest BCUT2D eigenvalue weighted by molar-refractivity contribution is 7.99. The molecule has 0 bridgehead atoms. The van der Waals surface area contributed by atoms with Crippen molar-refractivity contribution in [1.29, 1.82) is 0 Å². The van der Waals surface area contributed by atoms with E-state index in [-0.39, 0.29) is 5.97 Å². The molecule has 2 rings (SSSR count). The summed E-state index contributed by atoms with van der Waals surface area (Å²) in [7, 11) is 0. The standard InChI is InChI=1S/C15H21N3O2S/c1-3-8-16-10-12-15(21-11-14(19)20-4-2)17-13-7-5-6-9-18(12)13/h5-7,9,16H,3-4,8,10-11H2,1-2H3. The molecule has 0 unspecified atom stereocenters. The van der Waals surface area contributed by atoms with E-state index < -0.39 is 0 Å². The maximum Gasteiger partial charge on any atom is 0.316 e. The van der Waals surface area contributed by atoms with Gasteiger partial charge in [0.25, 0.3) is 0 Å². The minimum Gasteiger partial charge on any atom is -0.465 e. The van der Waals surface area contributed by atoms with Crippen molar-refractivity contribution in [1.82, 2.24) is 14.7 Å². The molecule has 2 heterocycles. The van der Waals surface area contributed by atoms with Gasteiger partial charge in [-0.05, 0) is 32.0 Å². The number of carbonyl (C=O) groups is 1. The van der Waals surface area contributed by atoms with Crippen LogP contribution < -0.4 is 5.32 Å². The Kier molecular flexibility index (Phi) is 6.07. The molecular formula is C15H21N3O2S. The number of nitrogens with zero attached hydrogens (tertiary/aromatic N) is 2. The molecule has 0 saturated heterocycles. The average Bonchev–Trinajstić information content (AvgIpc) is 2.84. The second kappa shape index (κ2) is 8.05. The fraction of sp³-hybridized carbons (Fsp3) is 0.467. The first-order valence-corrected chi connectivity index (χ1v) is 8.20. The summed E-state index contributed by atoms with van der Waals surface area (Å²) in [5.41, 5.74) is 1.99. The molecule has 6 heteroatoms. The Labute approximate surface area is 129 Å². The van der Waals surface area contributed by atoms with Gasteiger partial charge in [0.1, 0.15) is 10.7 Å². The summed E-state index contributed by atoms with van der Waals surface area (Å²) in [5, 5.41) is 4.28. The SMILES string of the molecule is CCCNCc1c(SCC(=O)OCC)nc2ccccn12. The van der Waals surface area contributed by atoms with Gasteiger partial charge in [-0.2, -0.15) is 0 Å². The van der Waals surface area contributed by atoms with Crippen molar-refractivity contribution in [2.24, 2.45) is 0 Å². The second-order valence-electron chi connectivity index (χ2n) is 4.56. The summed E-state index contributed by atoms with van der Waals surface area (Å²) in [4.78, 5) is 16.1. The topological polar surface area (TPSA) is 55.6 Å². The maximum absolute atomic E-state index is 11.5. The van der Waals surface area contributed by atoms with Crippen molar-refractivity contribution in [3.8, 4) is 0 Å². The van der Waals surface area contributed by atoms with Crippen LogP contribution in [0.4, 0.5) is 0 Å². The van der Waals surface area contributed by atoms with Crippen LogP contribution in [0.2, 0.25) is 0 Å².